The molecule has 0 aliphatic rings. The van der Waals surface area contributed by atoms with Gasteiger partial charge in [0.15, 0.2) is 0 Å². The average molecular weight is 328 g/mol. The van der Waals surface area contributed by atoms with Gasteiger partial charge in [0.1, 0.15) is 0 Å². The van der Waals surface area contributed by atoms with Gasteiger partial charge in [0.05, 0.1) is 13.2 Å². The molecule has 0 rings (SSSR count). The standard InChI is InChI=1S/C19H36O4/c1-6-7-13-22-17(20)11-9-8-10-12-18(21)23-15-16(2)14-19(3,4)5/h16H,6-15H2,1-5H3. The van der Waals surface area contributed by atoms with Crippen molar-refractivity contribution in [3.05, 3.63) is 0 Å². The van der Waals surface area contributed by atoms with E-state index in [9.17, 15) is 9.59 Å². The summed E-state index contributed by atoms with van der Waals surface area (Å²) in [6.07, 6.45) is 6.28. The molecule has 0 N–H and O–H groups in total. The van der Waals surface area contributed by atoms with Gasteiger partial charge in [0, 0.05) is 12.8 Å². The number of hydrogen-bond acceptors (Lipinski definition) is 4. The molecule has 0 heterocycles. The molecule has 4 nitrogen and oxygen atoms in total. The van der Waals surface area contributed by atoms with Gasteiger partial charge in [0.2, 0.25) is 0 Å². The van der Waals surface area contributed by atoms with Crippen LogP contribution in [0.15, 0.2) is 0 Å². The number of rotatable bonds is 12. The third-order valence-electron chi connectivity index (χ3n) is 3.51. The fourth-order valence-corrected chi connectivity index (χ4v) is 2.53. The van der Waals surface area contributed by atoms with Crippen molar-refractivity contribution in [2.45, 2.75) is 86.0 Å². The zero-order valence-electron chi connectivity index (χ0n) is 15.8. The van der Waals surface area contributed by atoms with E-state index in [2.05, 4.69) is 34.6 Å². The minimum Gasteiger partial charge on any atom is -0.466 e. The van der Waals surface area contributed by atoms with Crippen molar-refractivity contribution in [3.63, 3.8) is 0 Å². The van der Waals surface area contributed by atoms with E-state index in [0.29, 0.717) is 32.0 Å². The Morgan fingerprint density at radius 3 is 2.00 bits per heavy atom. The average Bonchev–Trinajstić information content (AvgIpc) is 2.43. The van der Waals surface area contributed by atoms with Crippen LogP contribution in [-0.2, 0) is 19.1 Å². The molecule has 0 saturated heterocycles. The van der Waals surface area contributed by atoms with Gasteiger partial charge in [0.25, 0.3) is 0 Å². The van der Waals surface area contributed by atoms with Crippen LogP contribution in [0.5, 0.6) is 0 Å². The van der Waals surface area contributed by atoms with Crippen molar-refractivity contribution in [3.8, 4) is 0 Å². The van der Waals surface area contributed by atoms with Crippen molar-refractivity contribution in [2.75, 3.05) is 13.2 Å². The van der Waals surface area contributed by atoms with Crippen LogP contribution < -0.4 is 0 Å². The van der Waals surface area contributed by atoms with Crippen molar-refractivity contribution < 1.29 is 19.1 Å². The second-order valence-electron chi connectivity index (χ2n) is 7.69. The van der Waals surface area contributed by atoms with Gasteiger partial charge in [-0.15, -0.1) is 0 Å². The van der Waals surface area contributed by atoms with E-state index in [4.69, 9.17) is 9.47 Å². The Morgan fingerprint density at radius 2 is 1.48 bits per heavy atom. The second kappa shape index (κ2) is 12.4. The predicted octanol–water partition coefficient (Wildman–Crippen LogP) is 4.90. The number of hydrogen-bond donors (Lipinski definition) is 0. The molecular weight excluding hydrogens is 292 g/mol. The number of carbonyl (C=O) groups excluding carboxylic acids is 2. The molecule has 1 unspecified atom stereocenters. The molecule has 0 aliphatic carbocycles. The summed E-state index contributed by atoms with van der Waals surface area (Å²) in [6.45, 7) is 11.8. The van der Waals surface area contributed by atoms with Crippen molar-refractivity contribution >= 4 is 11.9 Å². The van der Waals surface area contributed by atoms with Crippen molar-refractivity contribution in [2.24, 2.45) is 11.3 Å². The zero-order valence-corrected chi connectivity index (χ0v) is 15.8. The van der Waals surface area contributed by atoms with Gasteiger partial charge >= 0.3 is 11.9 Å². The fraction of sp³-hybridized carbons (Fsp3) is 0.895. The van der Waals surface area contributed by atoms with Gasteiger partial charge in [-0.05, 0) is 37.0 Å². The Morgan fingerprint density at radius 1 is 0.913 bits per heavy atom. The molecular formula is C19H36O4. The molecule has 0 aromatic rings. The van der Waals surface area contributed by atoms with Crippen LogP contribution in [0.25, 0.3) is 0 Å². The second-order valence-corrected chi connectivity index (χ2v) is 7.69. The van der Waals surface area contributed by atoms with Crippen LogP contribution in [-0.4, -0.2) is 25.2 Å². The Kier molecular flexibility index (Phi) is 11.8. The minimum atomic E-state index is -0.128. The molecule has 0 aliphatic heterocycles. The highest BCUT2D eigenvalue weighted by atomic mass is 16.5. The van der Waals surface area contributed by atoms with Gasteiger partial charge < -0.3 is 9.47 Å². The molecule has 0 radical (unpaired) electrons. The van der Waals surface area contributed by atoms with Gasteiger partial charge in [-0.25, -0.2) is 0 Å². The van der Waals surface area contributed by atoms with E-state index in [1.165, 1.54) is 0 Å². The SMILES string of the molecule is CCCCOC(=O)CCCCCC(=O)OCC(C)CC(C)(C)C. The summed E-state index contributed by atoms with van der Waals surface area (Å²) < 4.78 is 10.4. The van der Waals surface area contributed by atoms with Crippen molar-refractivity contribution in [1.82, 2.24) is 0 Å². The molecule has 4 heteroatoms. The maximum Gasteiger partial charge on any atom is 0.305 e. The molecule has 0 bridgehead atoms. The van der Waals surface area contributed by atoms with E-state index >= 15 is 0 Å². The Labute approximate surface area is 142 Å². The summed E-state index contributed by atoms with van der Waals surface area (Å²) in [5.74, 6) is 0.130. The highest BCUT2D eigenvalue weighted by Crippen LogP contribution is 2.24. The summed E-state index contributed by atoms with van der Waals surface area (Å²) in [6, 6.07) is 0. The summed E-state index contributed by atoms with van der Waals surface area (Å²) in [5, 5.41) is 0. The normalized spacial score (nSPS) is 12.7. The molecule has 136 valence electrons. The van der Waals surface area contributed by atoms with E-state index in [1.807, 2.05) is 0 Å². The fourth-order valence-electron chi connectivity index (χ4n) is 2.53. The first kappa shape index (κ1) is 21.9. The van der Waals surface area contributed by atoms with Gasteiger partial charge in [-0.3, -0.25) is 9.59 Å². The minimum absolute atomic E-state index is 0.128. The van der Waals surface area contributed by atoms with Crippen LogP contribution in [0, 0.1) is 11.3 Å². The van der Waals surface area contributed by atoms with Crippen LogP contribution >= 0.6 is 0 Å². The molecule has 0 amide bonds. The first-order valence-electron chi connectivity index (χ1n) is 9.06. The lowest BCUT2D eigenvalue weighted by atomic mass is 9.86. The lowest BCUT2D eigenvalue weighted by Crippen LogP contribution is -2.17. The third-order valence-corrected chi connectivity index (χ3v) is 3.51. The number of esters is 2. The molecule has 0 fully saturated rings. The smallest absolute Gasteiger partial charge is 0.305 e. The Hall–Kier alpha value is -1.06. The van der Waals surface area contributed by atoms with Crippen LogP contribution in [0.2, 0.25) is 0 Å². The van der Waals surface area contributed by atoms with Crippen LogP contribution in [0.3, 0.4) is 0 Å². The van der Waals surface area contributed by atoms with Crippen LogP contribution in [0.1, 0.15) is 86.0 Å². The summed E-state index contributed by atoms with van der Waals surface area (Å²) >= 11 is 0. The van der Waals surface area contributed by atoms with Crippen molar-refractivity contribution in [1.29, 1.82) is 0 Å². The van der Waals surface area contributed by atoms with E-state index in [0.717, 1.165) is 38.5 Å². The van der Waals surface area contributed by atoms with Gasteiger partial charge in [-0.1, -0.05) is 47.5 Å². The van der Waals surface area contributed by atoms with E-state index < -0.39 is 0 Å². The largest absolute Gasteiger partial charge is 0.466 e. The topological polar surface area (TPSA) is 52.6 Å². The lowest BCUT2D eigenvalue weighted by molar-refractivity contribution is -0.145. The number of ether oxygens (including phenoxy) is 2. The van der Waals surface area contributed by atoms with E-state index in [1.54, 1.807) is 0 Å². The summed E-state index contributed by atoms with van der Waals surface area (Å²) in [7, 11) is 0. The van der Waals surface area contributed by atoms with E-state index in [-0.39, 0.29) is 17.4 Å². The predicted molar refractivity (Wildman–Crippen MR) is 93.1 cm³/mol. The first-order valence-corrected chi connectivity index (χ1v) is 9.06. The maximum atomic E-state index is 11.7. The molecule has 0 aromatic heterocycles. The molecule has 0 spiro atoms. The number of carbonyl (C=O) groups is 2. The summed E-state index contributed by atoms with van der Waals surface area (Å²) in [5.41, 5.74) is 0.261. The molecule has 1 atom stereocenters. The van der Waals surface area contributed by atoms with Gasteiger partial charge in [-0.2, -0.15) is 0 Å². The molecule has 23 heavy (non-hydrogen) atoms. The third kappa shape index (κ3) is 15.6. The summed E-state index contributed by atoms with van der Waals surface area (Å²) in [4.78, 5) is 23.1. The highest BCUT2D eigenvalue weighted by Gasteiger charge is 2.16. The Bertz CT molecular complexity index is 331. The monoisotopic (exact) mass is 328 g/mol. The quantitative estimate of drug-likeness (QED) is 0.378. The maximum absolute atomic E-state index is 11.7. The first-order chi connectivity index (χ1) is 10.7. The number of unbranched alkanes of at least 4 members (excludes halogenated alkanes) is 3. The zero-order chi connectivity index (χ0) is 17.7. The molecule has 0 aromatic carbocycles. The van der Waals surface area contributed by atoms with Crippen LogP contribution in [0.4, 0.5) is 0 Å². The Balaban J connectivity index is 3.55. The molecule has 0 saturated carbocycles. The lowest BCUT2D eigenvalue weighted by Gasteiger charge is -2.22. The highest BCUT2D eigenvalue weighted by molar-refractivity contribution is 5.69.